The van der Waals surface area contributed by atoms with Crippen molar-refractivity contribution in [3.05, 3.63) is 71.8 Å². The Morgan fingerprint density at radius 2 is 1.68 bits per heavy atom. The number of halogens is 3. The van der Waals surface area contributed by atoms with E-state index in [9.17, 15) is 9.59 Å². The molecule has 2 heterocycles. The van der Waals surface area contributed by atoms with Crippen LogP contribution < -0.4 is 11.0 Å². The van der Waals surface area contributed by atoms with Gasteiger partial charge in [0.1, 0.15) is 5.39 Å². The second-order valence-corrected chi connectivity index (χ2v) is 5.97. The summed E-state index contributed by atoms with van der Waals surface area (Å²) in [6.07, 6.45) is 1.34. The molecule has 1 N–H and O–H groups in total. The number of nitrogens with zero attached hydrogens (tertiary/aromatic N) is 1. The number of rotatable bonds is 1. The summed E-state index contributed by atoms with van der Waals surface area (Å²) >= 11 is 18.7. The molecule has 4 nitrogen and oxygen atoms in total. The second-order valence-electron chi connectivity index (χ2n) is 4.74. The van der Waals surface area contributed by atoms with Crippen LogP contribution in [0.25, 0.3) is 16.6 Å². The number of aromatic nitrogens is 2. The average Bonchev–Trinajstić information content (AvgIpc) is 2.44. The van der Waals surface area contributed by atoms with Crippen LogP contribution in [-0.2, 0) is 0 Å². The van der Waals surface area contributed by atoms with E-state index in [4.69, 9.17) is 34.8 Å². The van der Waals surface area contributed by atoms with Crippen LogP contribution in [0.15, 0.2) is 40.1 Å². The van der Waals surface area contributed by atoms with Crippen molar-refractivity contribution in [2.75, 3.05) is 0 Å². The third-order valence-electron chi connectivity index (χ3n) is 3.34. The van der Waals surface area contributed by atoms with E-state index in [1.54, 1.807) is 29.7 Å². The van der Waals surface area contributed by atoms with Crippen molar-refractivity contribution < 1.29 is 0 Å². The minimum Gasteiger partial charge on any atom is -0.327 e. The molecule has 0 fully saturated rings. The third kappa shape index (κ3) is 2.24. The molecule has 0 aliphatic rings. The molecular weight excluding hydrogens is 347 g/mol. The Morgan fingerprint density at radius 3 is 2.32 bits per heavy atom. The number of H-pyrrole nitrogens is 1. The van der Waals surface area contributed by atoms with Crippen LogP contribution >= 0.6 is 34.8 Å². The first kappa shape index (κ1) is 15.2. The van der Waals surface area contributed by atoms with Crippen molar-refractivity contribution in [1.82, 2.24) is 9.55 Å². The Bertz CT molecular complexity index is 1000. The van der Waals surface area contributed by atoms with Crippen LogP contribution in [0.2, 0.25) is 15.1 Å². The van der Waals surface area contributed by atoms with Crippen LogP contribution in [0.5, 0.6) is 0 Å². The molecule has 0 saturated heterocycles. The molecule has 22 heavy (non-hydrogen) atoms. The van der Waals surface area contributed by atoms with Crippen LogP contribution in [0, 0.1) is 6.92 Å². The van der Waals surface area contributed by atoms with E-state index in [-0.39, 0.29) is 15.9 Å². The molecule has 1 aromatic carbocycles. The van der Waals surface area contributed by atoms with Gasteiger partial charge in [-0.25, -0.2) is 0 Å². The predicted octanol–water partition coefficient (Wildman–Crippen LogP) is 3.95. The SMILES string of the molecule is Cc1cc(=O)c2c(=O)[nH]cc(Cl)c2n1-c1c(Cl)cccc1Cl. The molecule has 0 bridgehead atoms. The average molecular weight is 356 g/mol. The van der Waals surface area contributed by atoms with Crippen molar-refractivity contribution in [3.8, 4) is 5.69 Å². The highest BCUT2D eigenvalue weighted by Gasteiger charge is 2.17. The number of para-hydroxylation sites is 1. The summed E-state index contributed by atoms with van der Waals surface area (Å²) in [5, 5.41) is 0.967. The third-order valence-corrected chi connectivity index (χ3v) is 4.24. The predicted molar refractivity (Wildman–Crippen MR) is 89.9 cm³/mol. The van der Waals surface area contributed by atoms with Gasteiger partial charge in [-0.1, -0.05) is 40.9 Å². The van der Waals surface area contributed by atoms with Gasteiger partial charge in [-0.3, -0.25) is 9.59 Å². The van der Waals surface area contributed by atoms with Crippen LogP contribution in [0.1, 0.15) is 5.69 Å². The standard InChI is InChI=1S/C15H9Cl3N2O2/c1-7-5-11(21)12-14(10(18)6-19-15(12)22)20(7)13-8(16)3-2-4-9(13)17/h2-6H,1H3,(H,19,22). The zero-order valence-corrected chi connectivity index (χ0v) is 13.6. The molecule has 0 spiro atoms. The molecule has 112 valence electrons. The maximum absolute atomic E-state index is 12.2. The van der Waals surface area contributed by atoms with Gasteiger partial charge in [-0.15, -0.1) is 0 Å². The lowest BCUT2D eigenvalue weighted by Gasteiger charge is -2.17. The number of hydrogen-bond donors (Lipinski definition) is 1. The number of nitrogens with one attached hydrogen (secondary N) is 1. The van der Waals surface area contributed by atoms with Crippen molar-refractivity contribution in [1.29, 1.82) is 0 Å². The minimum absolute atomic E-state index is 0.0333. The minimum atomic E-state index is -0.513. The highest BCUT2D eigenvalue weighted by Crippen LogP contribution is 2.32. The first-order valence-corrected chi connectivity index (χ1v) is 7.43. The lowest BCUT2D eigenvalue weighted by Crippen LogP contribution is -2.20. The second kappa shape index (κ2) is 5.47. The number of benzene rings is 1. The molecular formula is C15H9Cl3N2O2. The molecule has 0 aliphatic heterocycles. The molecule has 0 amide bonds. The lowest BCUT2D eigenvalue weighted by molar-refractivity contribution is 1.02. The molecule has 0 unspecified atom stereocenters. The van der Waals surface area contributed by atoms with Crippen molar-refractivity contribution in [2.45, 2.75) is 6.92 Å². The summed E-state index contributed by atoms with van der Waals surface area (Å²) < 4.78 is 1.62. The maximum atomic E-state index is 12.2. The molecule has 7 heteroatoms. The van der Waals surface area contributed by atoms with E-state index in [1.807, 2.05) is 0 Å². The fourth-order valence-electron chi connectivity index (χ4n) is 2.44. The zero-order valence-electron chi connectivity index (χ0n) is 11.3. The number of aryl methyl sites for hydroxylation is 1. The maximum Gasteiger partial charge on any atom is 0.261 e. The molecule has 3 rings (SSSR count). The van der Waals surface area contributed by atoms with Crippen LogP contribution in [-0.4, -0.2) is 9.55 Å². The van der Waals surface area contributed by atoms with Gasteiger partial charge in [0.05, 0.1) is 26.3 Å². The molecule has 0 saturated carbocycles. The van der Waals surface area contributed by atoms with Gasteiger partial charge in [0.15, 0.2) is 5.43 Å². The fraction of sp³-hybridized carbons (Fsp3) is 0.0667. The normalized spacial score (nSPS) is 11.1. The highest BCUT2D eigenvalue weighted by atomic mass is 35.5. The number of fused-ring (bicyclic) bond motifs is 1. The molecule has 3 aromatic rings. The van der Waals surface area contributed by atoms with Crippen LogP contribution in [0.3, 0.4) is 0 Å². The molecule has 0 aliphatic carbocycles. The first-order valence-electron chi connectivity index (χ1n) is 6.29. The van der Waals surface area contributed by atoms with Gasteiger partial charge in [0.25, 0.3) is 5.56 Å². The van der Waals surface area contributed by atoms with Crippen LogP contribution in [0.4, 0.5) is 0 Å². The summed E-state index contributed by atoms with van der Waals surface area (Å²) in [6, 6.07) is 6.41. The Morgan fingerprint density at radius 1 is 1.05 bits per heavy atom. The number of aromatic amines is 1. The number of hydrogen-bond acceptors (Lipinski definition) is 2. The summed E-state index contributed by atoms with van der Waals surface area (Å²) in [5.41, 5.74) is 0.406. The van der Waals surface area contributed by atoms with Gasteiger partial charge in [-0.2, -0.15) is 0 Å². The Balaban J connectivity index is 2.64. The van der Waals surface area contributed by atoms with Crippen molar-refractivity contribution >= 4 is 45.7 Å². The van der Waals surface area contributed by atoms with Gasteiger partial charge in [-0.05, 0) is 19.1 Å². The summed E-state index contributed by atoms with van der Waals surface area (Å²) in [4.78, 5) is 26.6. The Labute approximate surface area is 139 Å². The van der Waals surface area contributed by atoms with Crippen molar-refractivity contribution in [3.63, 3.8) is 0 Å². The smallest absolute Gasteiger partial charge is 0.261 e. The van der Waals surface area contributed by atoms with E-state index in [2.05, 4.69) is 4.98 Å². The van der Waals surface area contributed by atoms with Crippen molar-refractivity contribution in [2.24, 2.45) is 0 Å². The van der Waals surface area contributed by atoms with Gasteiger partial charge in [0, 0.05) is 18.0 Å². The highest BCUT2D eigenvalue weighted by molar-refractivity contribution is 6.38. The number of pyridine rings is 2. The summed E-state index contributed by atoms with van der Waals surface area (Å²) in [5.74, 6) is 0. The monoisotopic (exact) mass is 354 g/mol. The first-order chi connectivity index (χ1) is 10.4. The van der Waals surface area contributed by atoms with Gasteiger partial charge in [0.2, 0.25) is 0 Å². The summed E-state index contributed by atoms with van der Waals surface area (Å²) in [7, 11) is 0. The summed E-state index contributed by atoms with van der Waals surface area (Å²) in [6.45, 7) is 1.72. The Kier molecular flexibility index (Phi) is 3.77. The van der Waals surface area contributed by atoms with Gasteiger partial charge < -0.3 is 9.55 Å². The molecule has 2 aromatic heterocycles. The molecule has 0 radical (unpaired) electrons. The van der Waals surface area contributed by atoms with E-state index >= 15 is 0 Å². The molecule has 0 atom stereocenters. The van der Waals surface area contributed by atoms with E-state index < -0.39 is 11.0 Å². The van der Waals surface area contributed by atoms with Gasteiger partial charge >= 0.3 is 0 Å². The van der Waals surface area contributed by atoms with E-state index in [0.717, 1.165) is 0 Å². The fourth-order valence-corrected chi connectivity index (χ4v) is 3.24. The Hall–Kier alpha value is -1.75. The topological polar surface area (TPSA) is 54.9 Å². The van der Waals surface area contributed by atoms with E-state index in [1.165, 1.54) is 12.3 Å². The lowest BCUT2D eigenvalue weighted by atomic mass is 10.2. The van der Waals surface area contributed by atoms with E-state index in [0.29, 0.717) is 21.4 Å². The largest absolute Gasteiger partial charge is 0.327 e. The zero-order chi connectivity index (χ0) is 16.0. The quantitative estimate of drug-likeness (QED) is 0.718.